The second-order valence-corrected chi connectivity index (χ2v) is 6.30. The van der Waals surface area contributed by atoms with E-state index >= 15 is 0 Å². The molecule has 3 atom stereocenters. The molecule has 1 fully saturated rings. The summed E-state index contributed by atoms with van der Waals surface area (Å²) in [6.07, 6.45) is 0.333. The van der Waals surface area contributed by atoms with Gasteiger partial charge in [-0.25, -0.2) is 0 Å². The molecule has 2 rings (SSSR count). The molecule has 5 heteroatoms. The van der Waals surface area contributed by atoms with Gasteiger partial charge in [0.2, 0.25) is 5.91 Å². The summed E-state index contributed by atoms with van der Waals surface area (Å²) in [5.41, 5.74) is 0.811. The molecule has 1 heterocycles. The van der Waals surface area contributed by atoms with Gasteiger partial charge in [-0.1, -0.05) is 22.0 Å². The zero-order valence-corrected chi connectivity index (χ0v) is 13.7. The third-order valence-corrected chi connectivity index (χ3v) is 3.96. The summed E-state index contributed by atoms with van der Waals surface area (Å²) in [6.45, 7) is 7.61. The summed E-state index contributed by atoms with van der Waals surface area (Å²) in [7, 11) is 0. The van der Waals surface area contributed by atoms with Crippen molar-refractivity contribution in [1.82, 2.24) is 4.90 Å². The Balaban J connectivity index is 1.98. The average Bonchev–Trinajstić information content (AvgIpc) is 2.36. The van der Waals surface area contributed by atoms with Crippen molar-refractivity contribution in [3.63, 3.8) is 0 Å². The molecule has 1 aliphatic heterocycles. The fourth-order valence-electron chi connectivity index (χ4n) is 2.51. The molecule has 110 valence electrons. The van der Waals surface area contributed by atoms with E-state index in [0.717, 1.165) is 23.2 Å². The van der Waals surface area contributed by atoms with Gasteiger partial charge in [0.15, 0.2) is 0 Å². The van der Waals surface area contributed by atoms with Gasteiger partial charge < -0.3 is 10.1 Å². The van der Waals surface area contributed by atoms with Crippen LogP contribution in [0.4, 0.5) is 5.69 Å². The second-order valence-electron chi connectivity index (χ2n) is 5.39. The highest BCUT2D eigenvalue weighted by molar-refractivity contribution is 9.10. The van der Waals surface area contributed by atoms with Crippen LogP contribution in [0.1, 0.15) is 20.8 Å². The minimum Gasteiger partial charge on any atom is -0.373 e. The van der Waals surface area contributed by atoms with Crippen LogP contribution in [0.5, 0.6) is 0 Å². The topological polar surface area (TPSA) is 41.6 Å². The molecule has 0 aliphatic carbocycles. The molecule has 0 radical (unpaired) electrons. The normalized spacial score (nSPS) is 25.2. The molecule has 1 aliphatic rings. The van der Waals surface area contributed by atoms with E-state index in [1.807, 2.05) is 45.0 Å². The summed E-state index contributed by atoms with van der Waals surface area (Å²) in [4.78, 5) is 14.5. The van der Waals surface area contributed by atoms with E-state index in [1.165, 1.54) is 0 Å². The lowest BCUT2D eigenvalue weighted by Gasteiger charge is -2.38. The van der Waals surface area contributed by atoms with Gasteiger partial charge in [0, 0.05) is 23.2 Å². The maximum atomic E-state index is 12.3. The third-order valence-electron chi connectivity index (χ3n) is 3.47. The number of rotatable bonds is 3. The number of nitrogens with one attached hydrogen (secondary N) is 1. The average molecular weight is 341 g/mol. The number of nitrogens with zero attached hydrogens (tertiary/aromatic N) is 1. The Labute approximate surface area is 128 Å². The van der Waals surface area contributed by atoms with Crippen LogP contribution in [0.2, 0.25) is 0 Å². The SMILES string of the molecule is C[C@@H]1CN([C@@H](C)C(=O)Nc2cccc(Br)c2)C[C@@H](C)O1. The van der Waals surface area contributed by atoms with Crippen molar-refractivity contribution in [3.05, 3.63) is 28.7 Å². The molecule has 0 spiro atoms. The molecule has 1 saturated heterocycles. The van der Waals surface area contributed by atoms with Crippen molar-refractivity contribution in [2.75, 3.05) is 18.4 Å². The molecule has 1 N–H and O–H groups in total. The van der Waals surface area contributed by atoms with Crippen molar-refractivity contribution in [2.24, 2.45) is 0 Å². The molecule has 0 unspecified atom stereocenters. The van der Waals surface area contributed by atoms with Gasteiger partial charge in [0.1, 0.15) is 0 Å². The van der Waals surface area contributed by atoms with Crippen molar-refractivity contribution in [1.29, 1.82) is 0 Å². The minimum atomic E-state index is -0.164. The first-order valence-electron chi connectivity index (χ1n) is 6.91. The van der Waals surface area contributed by atoms with Gasteiger partial charge in [-0.3, -0.25) is 9.69 Å². The fraction of sp³-hybridized carbons (Fsp3) is 0.533. The van der Waals surface area contributed by atoms with Crippen LogP contribution in [-0.4, -0.2) is 42.1 Å². The van der Waals surface area contributed by atoms with E-state index < -0.39 is 0 Å². The zero-order valence-electron chi connectivity index (χ0n) is 12.1. The molecular formula is C15H21BrN2O2. The van der Waals surface area contributed by atoms with Gasteiger partial charge in [-0.15, -0.1) is 0 Å². The van der Waals surface area contributed by atoms with Crippen LogP contribution in [-0.2, 0) is 9.53 Å². The first-order valence-corrected chi connectivity index (χ1v) is 7.71. The highest BCUT2D eigenvalue weighted by atomic mass is 79.9. The quantitative estimate of drug-likeness (QED) is 0.919. The van der Waals surface area contributed by atoms with Crippen molar-refractivity contribution in [3.8, 4) is 0 Å². The molecule has 0 aromatic heterocycles. The Morgan fingerprint density at radius 3 is 2.65 bits per heavy atom. The molecular weight excluding hydrogens is 320 g/mol. The Bertz CT molecular complexity index is 471. The summed E-state index contributed by atoms with van der Waals surface area (Å²) < 4.78 is 6.66. The Hall–Kier alpha value is -0.910. The van der Waals surface area contributed by atoms with E-state index in [1.54, 1.807) is 0 Å². The number of morpholine rings is 1. The van der Waals surface area contributed by atoms with Gasteiger partial charge in [0.25, 0.3) is 0 Å². The molecule has 0 bridgehead atoms. The number of amides is 1. The van der Waals surface area contributed by atoms with Gasteiger partial charge in [-0.05, 0) is 39.0 Å². The predicted molar refractivity (Wildman–Crippen MR) is 83.8 cm³/mol. The van der Waals surface area contributed by atoms with E-state index in [9.17, 15) is 4.79 Å². The molecule has 1 amide bonds. The molecule has 1 aromatic rings. The van der Waals surface area contributed by atoms with Crippen LogP contribution < -0.4 is 5.32 Å². The maximum absolute atomic E-state index is 12.3. The van der Waals surface area contributed by atoms with Crippen molar-refractivity contribution < 1.29 is 9.53 Å². The molecule has 20 heavy (non-hydrogen) atoms. The number of hydrogen-bond donors (Lipinski definition) is 1. The smallest absolute Gasteiger partial charge is 0.241 e. The fourth-order valence-corrected chi connectivity index (χ4v) is 2.91. The number of ether oxygens (including phenoxy) is 1. The standard InChI is InChI=1S/C15H21BrN2O2/c1-10-8-18(9-11(2)20-10)12(3)15(19)17-14-6-4-5-13(16)7-14/h4-7,10-12H,8-9H2,1-3H3,(H,17,19)/t10-,11-,12+/m1/s1. The summed E-state index contributed by atoms with van der Waals surface area (Å²) in [6, 6.07) is 7.46. The summed E-state index contributed by atoms with van der Waals surface area (Å²) in [5.74, 6) is 0.0180. The lowest BCUT2D eigenvalue weighted by Crippen LogP contribution is -2.52. The number of anilines is 1. The Kier molecular flexibility index (Phi) is 5.18. The van der Waals surface area contributed by atoms with E-state index in [-0.39, 0.29) is 24.2 Å². The molecule has 4 nitrogen and oxygen atoms in total. The van der Waals surface area contributed by atoms with Gasteiger partial charge >= 0.3 is 0 Å². The Morgan fingerprint density at radius 1 is 1.40 bits per heavy atom. The van der Waals surface area contributed by atoms with Gasteiger partial charge in [0.05, 0.1) is 18.2 Å². The minimum absolute atomic E-state index is 0.0180. The van der Waals surface area contributed by atoms with Crippen LogP contribution in [0, 0.1) is 0 Å². The largest absolute Gasteiger partial charge is 0.373 e. The maximum Gasteiger partial charge on any atom is 0.241 e. The van der Waals surface area contributed by atoms with Crippen molar-refractivity contribution in [2.45, 2.75) is 39.0 Å². The monoisotopic (exact) mass is 340 g/mol. The van der Waals surface area contributed by atoms with E-state index in [4.69, 9.17) is 4.74 Å². The number of carbonyl (C=O) groups excluding carboxylic acids is 1. The first-order chi connectivity index (χ1) is 9.45. The van der Waals surface area contributed by atoms with Crippen LogP contribution >= 0.6 is 15.9 Å². The van der Waals surface area contributed by atoms with Crippen LogP contribution in [0.25, 0.3) is 0 Å². The first kappa shape index (κ1) is 15.5. The summed E-state index contributed by atoms with van der Waals surface area (Å²) >= 11 is 3.40. The van der Waals surface area contributed by atoms with Crippen molar-refractivity contribution >= 4 is 27.5 Å². The second kappa shape index (κ2) is 6.70. The summed E-state index contributed by atoms with van der Waals surface area (Å²) in [5, 5.41) is 2.96. The number of hydrogen-bond acceptors (Lipinski definition) is 3. The van der Waals surface area contributed by atoms with Crippen LogP contribution in [0.15, 0.2) is 28.7 Å². The van der Waals surface area contributed by atoms with E-state index in [2.05, 4.69) is 26.1 Å². The highest BCUT2D eigenvalue weighted by Gasteiger charge is 2.29. The molecule has 1 aromatic carbocycles. The van der Waals surface area contributed by atoms with Crippen LogP contribution in [0.3, 0.4) is 0 Å². The lowest BCUT2D eigenvalue weighted by molar-refractivity contribution is -0.126. The molecule has 0 saturated carbocycles. The number of halogens is 1. The Morgan fingerprint density at radius 2 is 2.05 bits per heavy atom. The predicted octanol–water partition coefficient (Wildman–Crippen LogP) is 2.89. The highest BCUT2D eigenvalue weighted by Crippen LogP contribution is 2.18. The van der Waals surface area contributed by atoms with Gasteiger partial charge in [-0.2, -0.15) is 0 Å². The number of carbonyl (C=O) groups is 1. The van der Waals surface area contributed by atoms with E-state index in [0.29, 0.717) is 0 Å². The lowest BCUT2D eigenvalue weighted by atomic mass is 10.1. The third kappa shape index (κ3) is 4.04. The zero-order chi connectivity index (χ0) is 14.7. The number of benzene rings is 1.